The van der Waals surface area contributed by atoms with Crippen LogP contribution in [0.25, 0.3) is 16.9 Å². The van der Waals surface area contributed by atoms with Crippen molar-refractivity contribution in [3.63, 3.8) is 0 Å². The second kappa shape index (κ2) is 4.56. The molecule has 1 fully saturated rings. The van der Waals surface area contributed by atoms with E-state index in [2.05, 4.69) is 10.1 Å². The van der Waals surface area contributed by atoms with Gasteiger partial charge in [-0.3, -0.25) is 4.40 Å². The van der Waals surface area contributed by atoms with Gasteiger partial charge in [-0.25, -0.2) is 9.48 Å². The number of nitrogens with zero attached hydrogens (tertiary/aromatic N) is 4. The summed E-state index contributed by atoms with van der Waals surface area (Å²) in [6, 6.07) is 2.01. The van der Waals surface area contributed by atoms with Crippen molar-refractivity contribution >= 4 is 28.3 Å². The number of carboxylic acids is 1. The standard InChI is InChI=1S/C14H12N4O2S/c19-12(20)4-3-11-13(15-14-17(11)7-8-21-14)18-6-5-10(16-18)9-1-2-9/h3-9H,1-2H2,(H,19,20). The fraction of sp³-hybridized carbons (Fsp3) is 0.214. The van der Waals surface area contributed by atoms with E-state index in [0.717, 1.165) is 22.4 Å². The molecule has 0 aliphatic heterocycles. The molecular weight excluding hydrogens is 288 g/mol. The highest BCUT2D eigenvalue weighted by molar-refractivity contribution is 7.15. The molecule has 0 spiro atoms. The minimum absolute atomic E-state index is 0.577. The predicted molar refractivity (Wildman–Crippen MR) is 78.8 cm³/mol. The maximum absolute atomic E-state index is 10.8. The summed E-state index contributed by atoms with van der Waals surface area (Å²) in [6.07, 6.45) is 8.84. The summed E-state index contributed by atoms with van der Waals surface area (Å²) < 4.78 is 3.60. The first-order chi connectivity index (χ1) is 10.2. The number of carboxylic acid groups (broad SMARTS) is 1. The highest BCUT2D eigenvalue weighted by Crippen LogP contribution is 2.39. The number of hydrogen-bond donors (Lipinski definition) is 1. The second-order valence-corrected chi connectivity index (χ2v) is 5.88. The number of rotatable bonds is 4. The SMILES string of the molecule is O=C(O)C=Cc1c(-n2ccc(C3CC3)n2)nc2sccn12. The lowest BCUT2D eigenvalue weighted by molar-refractivity contribution is -0.131. The molecule has 0 bridgehead atoms. The van der Waals surface area contributed by atoms with Crippen molar-refractivity contribution in [3.8, 4) is 5.82 Å². The van der Waals surface area contributed by atoms with E-state index in [0.29, 0.717) is 11.7 Å². The van der Waals surface area contributed by atoms with Crippen LogP contribution in [0.4, 0.5) is 0 Å². The minimum Gasteiger partial charge on any atom is -0.478 e. The summed E-state index contributed by atoms with van der Waals surface area (Å²) in [7, 11) is 0. The Morgan fingerprint density at radius 1 is 1.43 bits per heavy atom. The van der Waals surface area contributed by atoms with Crippen LogP contribution >= 0.6 is 11.3 Å². The molecule has 1 aliphatic rings. The largest absolute Gasteiger partial charge is 0.478 e. The van der Waals surface area contributed by atoms with Gasteiger partial charge >= 0.3 is 5.97 Å². The topological polar surface area (TPSA) is 72.4 Å². The zero-order chi connectivity index (χ0) is 14.4. The Balaban J connectivity index is 1.83. The first kappa shape index (κ1) is 12.3. The van der Waals surface area contributed by atoms with Crippen LogP contribution in [-0.2, 0) is 4.79 Å². The van der Waals surface area contributed by atoms with Crippen LogP contribution in [0.1, 0.15) is 30.1 Å². The van der Waals surface area contributed by atoms with Crippen molar-refractivity contribution in [1.29, 1.82) is 0 Å². The number of hydrogen-bond acceptors (Lipinski definition) is 4. The maximum Gasteiger partial charge on any atom is 0.328 e. The van der Waals surface area contributed by atoms with Gasteiger partial charge in [0, 0.05) is 29.8 Å². The zero-order valence-corrected chi connectivity index (χ0v) is 11.8. The number of aromatic nitrogens is 4. The molecule has 6 nitrogen and oxygen atoms in total. The molecule has 0 unspecified atom stereocenters. The van der Waals surface area contributed by atoms with Crippen molar-refractivity contribution in [2.75, 3.05) is 0 Å². The first-order valence-electron chi connectivity index (χ1n) is 6.65. The molecule has 1 saturated carbocycles. The first-order valence-corrected chi connectivity index (χ1v) is 7.53. The molecule has 4 rings (SSSR count). The number of thiazole rings is 1. The van der Waals surface area contributed by atoms with Crippen LogP contribution in [0.5, 0.6) is 0 Å². The van der Waals surface area contributed by atoms with Gasteiger partial charge < -0.3 is 5.11 Å². The van der Waals surface area contributed by atoms with E-state index >= 15 is 0 Å². The number of imidazole rings is 1. The lowest BCUT2D eigenvalue weighted by Crippen LogP contribution is -1.99. The molecule has 0 radical (unpaired) electrons. The van der Waals surface area contributed by atoms with Crippen LogP contribution in [0.3, 0.4) is 0 Å². The van der Waals surface area contributed by atoms with Gasteiger partial charge in [-0.1, -0.05) is 0 Å². The summed E-state index contributed by atoms with van der Waals surface area (Å²) in [6.45, 7) is 0. The molecule has 1 N–H and O–H groups in total. The molecular formula is C14H12N4O2S. The van der Waals surface area contributed by atoms with Crippen molar-refractivity contribution < 1.29 is 9.90 Å². The van der Waals surface area contributed by atoms with Crippen LogP contribution in [0, 0.1) is 0 Å². The summed E-state index contributed by atoms with van der Waals surface area (Å²) >= 11 is 1.51. The number of aliphatic carboxylic acids is 1. The monoisotopic (exact) mass is 300 g/mol. The predicted octanol–water partition coefficient (Wildman–Crippen LogP) is 2.56. The van der Waals surface area contributed by atoms with Crippen LogP contribution in [0.2, 0.25) is 0 Å². The average molecular weight is 300 g/mol. The molecule has 21 heavy (non-hydrogen) atoms. The van der Waals surface area contributed by atoms with E-state index in [9.17, 15) is 4.79 Å². The molecule has 0 aromatic carbocycles. The summed E-state index contributed by atoms with van der Waals surface area (Å²) in [4.78, 5) is 16.2. The normalized spacial score (nSPS) is 15.2. The van der Waals surface area contributed by atoms with Gasteiger partial charge in [0.15, 0.2) is 10.8 Å². The number of fused-ring (bicyclic) bond motifs is 1. The van der Waals surface area contributed by atoms with Gasteiger partial charge in [0.05, 0.1) is 11.4 Å². The van der Waals surface area contributed by atoms with Gasteiger partial charge in [0.1, 0.15) is 0 Å². The molecule has 0 amide bonds. The Labute approximate surface area is 124 Å². The Morgan fingerprint density at radius 2 is 2.29 bits per heavy atom. The quantitative estimate of drug-likeness (QED) is 0.752. The summed E-state index contributed by atoms with van der Waals surface area (Å²) in [5.74, 6) is 0.254. The van der Waals surface area contributed by atoms with Crippen LogP contribution in [-0.4, -0.2) is 30.2 Å². The van der Waals surface area contributed by atoms with Crippen LogP contribution < -0.4 is 0 Å². The molecule has 3 heterocycles. The van der Waals surface area contributed by atoms with Crippen molar-refractivity contribution in [2.24, 2.45) is 0 Å². The van der Waals surface area contributed by atoms with E-state index in [4.69, 9.17) is 5.11 Å². The Kier molecular flexibility index (Phi) is 2.68. The lowest BCUT2D eigenvalue weighted by atomic mass is 10.3. The van der Waals surface area contributed by atoms with Crippen LogP contribution in [0.15, 0.2) is 29.9 Å². The third-order valence-electron chi connectivity index (χ3n) is 3.49. The van der Waals surface area contributed by atoms with Crippen molar-refractivity contribution in [1.82, 2.24) is 19.2 Å². The molecule has 7 heteroatoms. The van der Waals surface area contributed by atoms with E-state index in [-0.39, 0.29) is 0 Å². The van der Waals surface area contributed by atoms with Gasteiger partial charge in [-0.2, -0.15) is 10.1 Å². The van der Waals surface area contributed by atoms with Crippen molar-refractivity contribution in [2.45, 2.75) is 18.8 Å². The summed E-state index contributed by atoms with van der Waals surface area (Å²) in [5.41, 5.74) is 1.80. The molecule has 106 valence electrons. The van der Waals surface area contributed by atoms with Crippen molar-refractivity contribution in [3.05, 3.63) is 41.3 Å². The third-order valence-corrected chi connectivity index (χ3v) is 4.24. The number of carbonyl (C=O) groups is 1. The fourth-order valence-corrected chi connectivity index (χ4v) is 3.03. The van der Waals surface area contributed by atoms with Gasteiger partial charge in [-0.15, -0.1) is 11.3 Å². The van der Waals surface area contributed by atoms with E-state index in [1.807, 2.05) is 28.2 Å². The van der Waals surface area contributed by atoms with Gasteiger partial charge in [-0.05, 0) is 25.0 Å². The van der Waals surface area contributed by atoms with E-state index in [1.54, 1.807) is 10.8 Å². The smallest absolute Gasteiger partial charge is 0.328 e. The lowest BCUT2D eigenvalue weighted by Gasteiger charge is -1.99. The Bertz CT molecular complexity index is 853. The maximum atomic E-state index is 10.8. The Hall–Kier alpha value is -2.41. The highest BCUT2D eigenvalue weighted by atomic mass is 32.1. The summed E-state index contributed by atoms with van der Waals surface area (Å²) in [5, 5.41) is 15.3. The highest BCUT2D eigenvalue weighted by Gasteiger charge is 2.26. The Morgan fingerprint density at radius 3 is 3.05 bits per heavy atom. The second-order valence-electron chi connectivity index (χ2n) is 5.01. The zero-order valence-electron chi connectivity index (χ0n) is 11.0. The molecule has 0 saturated heterocycles. The average Bonchev–Trinajstić information content (AvgIpc) is 2.88. The van der Waals surface area contributed by atoms with E-state index < -0.39 is 5.97 Å². The molecule has 3 aromatic heterocycles. The third kappa shape index (κ3) is 2.15. The van der Waals surface area contributed by atoms with Gasteiger partial charge in [0.25, 0.3) is 0 Å². The molecule has 3 aromatic rings. The van der Waals surface area contributed by atoms with Gasteiger partial charge in [0.2, 0.25) is 0 Å². The molecule has 1 aliphatic carbocycles. The fourth-order valence-electron chi connectivity index (χ4n) is 2.32. The molecule has 0 atom stereocenters. The van der Waals surface area contributed by atoms with E-state index in [1.165, 1.54) is 24.2 Å². The minimum atomic E-state index is -0.981.